The number of nitrogens with zero attached hydrogens (tertiary/aromatic N) is 1. The van der Waals surface area contributed by atoms with Gasteiger partial charge >= 0.3 is 0 Å². The highest BCUT2D eigenvalue weighted by Gasteiger charge is 2.26. The Labute approximate surface area is 114 Å². The predicted molar refractivity (Wildman–Crippen MR) is 75.1 cm³/mol. The van der Waals surface area contributed by atoms with E-state index < -0.39 is 21.3 Å². The molecule has 1 aliphatic rings. The molecule has 0 aromatic heterocycles. The molecule has 1 amide bonds. The van der Waals surface area contributed by atoms with Crippen molar-refractivity contribution in [3.8, 4) is 0 Å². The van der Waals surface area contributed by atoms with Gasteiger partial charge in [-0.1, -0.05) is 31.5 Å². The zero-order valence-corrected chi connectivity index (χ0v) is 12.2. The summed E-state index contributed by atoms with van der Waals surface area (Å²) in [4.78, 5) is 13.4. The summed E-state index contributed by atoms with van der Waals surface area (Å²) < 4.78 is 23.2. The van der Waals surface area contributed by atoms with Crippen LogP contribution in [0.2, 0.25) is 0 Å². The van der Waals surface area contributed by atoms with Gasteiger partial charge < -0.3 is 10.6 Å². The topological polar surface area (TPSA) is 80.5 Å². The highest BCUT2D eigenvalue weighted by atomic mass is 32.2. The van der Waals surface area contributed by atoms with Crippen molar-refractivity contribution in [1.82, 2.24) is 4.90 Å². The van der Waals surface area contributed by atoms with Crippen LogP contribution in [0.3, 0.4) is 0 Å². The highest BCUT2D eigenvalue weighted by Crippen LogP contribution is 2.21. The van der Waals surface area contributed by atoms with Gasteiger partial charge in [-0.3, -0.25) is 4.79 Å². The number of hydrogen-bond acceptors (Lipinski definition) is 4. The standard InChI is InChI=1S/C11H20N2O3S2/c1-13(9-5-3-2-4-6-9)11(14)8-18(15,16)7-10(12)17/h9H,2-8H2,1H3,(H2,12,17). The molecule has 1 fully saturated rings. The van der Waals surface area contributed by atoms with E-state index in [1.165, 1.54) is 6.42 Å². The van der Waals surface area contributed by atoms with Crippen LogP contribution in [0.25, 0.3) is 0 Å². The Morgan fingerprint density at radius 3 is 2.33 bits per heavy atom. The van der Waals surface area contributed by atoms with E-state index in [1.54, 1.807) is 11.9 Å². The van der Waals surface area contributed by atoms with Crippen LogP contribution in [0.1, 0.15) is 32.1 Å². The quantitative estimate of drug-likeness (QED) is 0.745. The number of amides is 1. The molecule has 104 valence electrons. The van der Waals surface area contributed by atoms with E-state index in [-0.39, 0.29) is 16.9 Å². The molecule has 0 saturated heterocycles. The Morgan fingerprint density at radius 2 is 1.83 bits per heavy atom. The zero-order chi connectivity index (χ0) is 13.8. The molecule has 0 radical (unpaired) electrons. The van der Waals surface area contributed by atoms with Gasteiger partial charge in [-0.25, -0.2) is 8.42 Å². The summed E-state index contributed by atoms with van der Waals surface area (Å²) >= 11 is 4.56. The Kier molecular flexibility index (Phi) is 5.52. The first-order valence-corrected chi connectivity index (χ1v) is 8.29. The lowest BCUT2D eigenvalue weighted by molar-refractivity contribution is -0.129. The largest absolute Gasteiger partial charge is 0.392 e. The average Bonchev–Trinajstić information content (AvgIpc) is 2.26. The molecule has 1 rings (SSSR count). The molecule has 0 heterocycles. The van der Waals surface area contributed by atoms with Gasteiger partial charge in [0, 0.05) is 13.1 Å². The number of rotatable bonds is 5. The van der Waals surface area contributed by atoms with Crippen LogP contribution in [0.15, 0.2) is 0 Å². The van der Waals surface area contributed by atoms with Gasteiger partial charge in [0.05, 0.1) is 4.99 Å². The summed E-state index contributed by atoms with van der Waals surface area (Å²) in [6, 6.07) is 0.172. The van der Waals surface area contributed by atoms with Gasteiger partial charge in [0.15, 0.2) is 9.84 Å². The zero-order valence-electron chi connectivity index (χ0n) is 10.6. The second-order valence-electron chi connectivity index (χ2n) is 4.80. The van der Waals surface area contributed by atoms with Crippen molar-refractivity contribution >= 4 is 33.0 Å². The Balaban J connectivity index is 2.56. The first-order valence-electron chi connectivity index (χ1n) is 6.06. The molecule has 0 bridgehead atoms. The molecule has 0 aromatic rings. The molecule has 1 aliphatic carbocycles. The van der Waals surface area contributed by atoms with Crippen molar-refractivity contribution < 1.29 is 13.2 Å². The fourth-order valence-corrected chi connectivity index (χ4v) is 3.88. The van der Waals surface area contributed by atoms with Crippen LogP contribution in [0, 0.1) is 0 Å². The third-order valence-electron chi connectivity index (χ3n) is 3.22. The predicted octanol–water partition coefficient (Wildman–Crippen LogP) is 0.478. The monoisotopic (exact) mass is 292 g/mol. The first kappa shape index (κ1) is 15.4. The smallest absolute Gasteiger partial charge is 0.237 e. The van der Waals surface area contributed by atoms with Gasteiger partial charge in [-0.05, 0) is 12.8 Å². The van der Waals surface area contributed by atoms with E-state index in [1.807, 2.05) is 0 Å². The SMILES string of the molecule is CN(C(=O)CS(=O)(=O)CC(N)=S)C1CCCCC1. The minimum absolute atomic E-state index is 0.0943. The summed E-state index contributed by atoms with van der Waals surface area (Å²) in [5, 5.41) is 0. The molecular formula is C11H20N2O3S2. The number of hydrogen-bond donors (Lipinski definition) is 1. The summed E-state index contributed by atoms with van der Waals surface area (Å²) in [6.07, 6.45) is 5.30. The Bertz CT molecular complexity index is 414. The van der Waals surface area contributed by atoms with E-state index >= 15 is 0 Å². The summed E-state index contributed by atoms with van der Waals surface area (Å²) in [5.74, 6) is -1.26. The van der Waals surface area contributed by atoms with Gasteiger partial charge in [0.25, 0.3) is 0 Å². The average molecular weight is 292 g/mol. The van der Waals surface area contributed by atoms with Crippen LogP contribution in [0.4, 0.5) is 0 Å². The molecule has 0 unspecified atom stereocenters. The molecular weight excluding hydrogens is 272 g/mol. The number of thiocarbonyl (C=S) groups is 1. The fraction of sp³-hybridized carbons (Fsp3) is 0.818. The number of carbonyl (C=O) groups excluding carboxylic acids is 1. The van der Waals surface area contributed by atoms with E-state index in [9.17, 15) is 13.2 Å². The molecule has 0 aliphatic heterocycles. The Hall–Kier alpha value is -0.690. The minimum atomic E-state index is -3.52. The molecule has 2 N–H and O–H groups in total. The Morgan fingerprint density at radius 1 is 1.28 bits per heavy atom. The van der Waals surface area contributed by atoms with Gasteiger partial charge in [0.1, 0.15) is 11.5 Å². The third kappa shape index (κ3) is 4.89. The molecule has 18 heavy (non-hydrogen) atoms. The highest BCUT2D eigenvalue weighted by molar-refractivity contribution is 7.94. The van der Waals surface area contributed by atoms with Crippen molar-refractivity contribution in [2.45, 2.75) is 38.1 Å². The van der Waals surface area contributed by atoms with Crippen LogP contribution < -0.4 is 5.73 Å². The summed E-state index contributed by atoms with van der Waals surface area (Å²) in [6.45, 7) is 0. The van der Waals surface area contributed by atoms with Crippen LogP contribution in [-0.2, 0) is 14.6 Å². The van der Waals surface area contributed by atoms with E-state index in [0.717, 1.165) is 25.7 Å². The van der Waals surface area contributed by atoms with Gasteiger partial charge in [0.2, 0.25) is 5.91 Å². The molecule has 0 spiro atoms. The lowest BCUT2D eigenvalue weighted by Crippen LogP contribution is -2.42. The lowest BCUT2D eigenvalue weighted by atomic mass is 9.94. The van der Waals surface area contributed by atoms with E-state index in [0.29, 0.717) is 0 Å². The summed E-state index contributed by atoms with van der Waals surface area (Å²) in [7, 11) is -1.85. The number of carbonyl (C=O) groups is 1. The minimum Gasteiger partial charge on any atom is -0.392 e. The van der Waals surface area contributed by atoms with E-state index in [4.69, 9.17) is 5.73 Å². The number of sulfone groups is 1. The third-order valence-corrected chi connectivity index (χ3v) is 4.99. The summed E-state index contributed by atoms with van der Waals surface area (Å²) in [5.41, 5.74) is 5.20. The molecule has 0 aromatic carbocycles. The lowest BCUT2D eigenvalue weighted by Gasteiger charge is -2.31. The van der Waals surface area contributed by atoms with Crippen molar-refractivity contribution in [3.05, 3.63) is 0 Å². The normalized spacial score (nSPS) is 17.4. The fourth-order valence-electron chi connectivity index (χ4n) is 2.23. The van der Waals surface area contributed by atoms with Crippen molar-refractivity contribution in [3.63, 3.8) is 0 Å². The maximum absolute atomic E-state index is 11.9. The maximum Gasteiger partial charge on any atom is 0.237 e. The molecule has 5 nitrogen and oxygen atoms in total. The van der Waals surface area contributed by atoms with Crippen molar-refractivity contribution in [2.24, 2.45) is 5.73 Å². The van der Waals surface area contributed by atoms with Crippen molar-refractivity contribution in [2.75, 3.05) is 18.6 Å². The second-order valence-corrected chi connectivity index (χ2v) is 7.38. The maximum atomic E-state index is 11.9. The molecule has 1 saturated carbocycles. The number of nitrogens with two attached hydrogens (primary N) is 1. The van der Waals surface area contributed by atoms with E-state index in [2.05, 4.69) is 12.2 Å². The van der Waals surface area contributed by atoms with Crippen LogP contribution >= 0.6 is 12.2 Å². The van der Waals surface area contributed by atoms with Crippen LogP contribution in [-0.4, -0.2) is 48.8 Å². The van der Waals surface area contributed by atoms with Crippen molar-refractivity contribution in [1.29, 1.82) is 0 Å². The molecule has 7 heteroatoms. The molecule has 0 atom stereocenters. The second kappa shape index (κ2) is 6.47. The van der Waals surface area contributed by atoms with Gasteiger partial charge in [-0.15, -0.1) is 0 Å². The van der Waals surface area contributed by atoms with Gasteiger partial charge in [-0.2, -0.15) is 0 Å². The van der Waals surface area contributed by atoms with Crippen LogP contribution in [0.5, 0.6) is 0 Å². The first-order chi connectivity index (χ1) is 8.32.